The summed E-state index contributed by atoms with van der Waals surface area (Å²) in [5.41, 5.74) is 1.74. The molecule has 1 atom stereocenters. The van der Waals surface area contributed by atoms with Gasteiger partial charge in [0.2, 0.25) is 5.91 Å². The van der Waals surface area contributed by atoms with Crippen molar-refractivity contribution in [3.05, 3.63) is 66.0 Å². The number of benzene rings is 2. The molecule has 2 heterocycles. The molecule has 1 amide bonds. The Morgan fingerprint density at radius 1 is 1.00 bits per heavy atom. The molecule has 2 aromatic carbocycles. The third-order valence-electron chi connectivity index (χ3n) is 5.15. The van der Waals surface area contributed by atoms with Crippen LogP contribution in [0.2, 0.25) is 0 Å². The number of hydrogen-bond donors (Lipinski definition) is 0. The normalized spacial score (nSPS) is 15.3. The lowest BCUT2D eigenvalue weighted by Gasteiger charge is -2.30. The third-order valence-corrected chi connectivity index (χ3v) is 6.43. The molecule has 29 heavy (non-hydrogen) atoms. The number of likely N-dealkylation sites (tertiary alicyclic amines) is 1. The minimum atomic E-state index is -0.377. The van der Waals surface area contributed by atoms with Crippen molar-refractivity contribution < 1.29 is 9.18 Å². The van der Waals surface area contributed by atoms with Gasteiger partial charge in [-0.1, -0.05) is 42.1 Å². The Balaban J connectivity index is 1.62. The fraction of sp³-hybridized carbons (Fsp3) is 0.318. The molecule has 5 nitrogen and oxygen atoms in total. The Bertz CT molecular complexity index is 968. The summed E-state index contributed by atoms with van der Waals surface area (Å²) in [5, 5.41) is 8.88. The van der Waals surface area contributed by atoms with Crippen molar-refractivity contribution in [2.45, 2.75) is 29.7 Å². The molecular weight excluding hydrogens is 387 g/mol. The second-order valence-electron chi connectivity index (χ2n) is 7.17. The van der Waals surface area contributed by atoms with Crippen LogP contribution in [0.15, 0.2) is 59.8 Å². The highest BCUT2D eigenvalue weighted by Crippen LogP contribution is 2.37. The van der Waals surface area contributed by atoms with Crippen LogP contribution < -0.4 is 0 Å². The fourth-order valence-electron chi connectivity index (χ4n) is 3.54. The quantitative estimate of drug-likeness (QED) is 0.583. The Kier molecular flexibility index (Phi) is 5.94. The van der Waals surface area contributed by atoms with Gasteiger partial charge in [-0.3, -0.25) is 4.79 Å². The monoisotopic (exact) mass is 410 g/mol. The largest absolute Gasteiger partial charge is 0.341 e. The zero-order valence-corrected chi connectivity index (χ0v) is 17.1. The number of aromatic nitrogens is 3. The fourth-order valence-corrected chi connectivity index (χ4v) is 4.63. The molecule has 0 spiro atoms. The third kappa shape index (κ3) is 4.34. The van der Waals surface area contributed by atoms with Gasteiger partial charge < -0.3 is 9.47 Å². The van der Waals surface area contributed by atoms with E-state index in [2.05, 4.69) is 10.2 Å². The van der Waals surface area contributed by atoms with E-state index in [0.29, 0.717) is 11.0 Å². The predicted molar refractivity (Wildman–Crippen MR) is 112 cm³/mol. The van der Waals surface area contributed by atoms with Crippen molar-refractivity contribution >= 4 is 17.7 Å². The highest BCUT2D eigenvalue weighted by atomic mass is 32.2. The Labute approximate surface area is 173 Å². The number of hydrogen-bond acceptors (Lipinski definition) is 4. The van der Waals surface area contributed by atoms with Crippen molar-refractivity contribution in [2.24, 2.45) is 7.05 Å². The number of thioether (sulfide) groups is 1. The summed E-state index contributed by atoms with van der Waals surface area (Å²) in [6.07, 6.45) is 3.28. The molecule has 4 rings (SSSR count). The first-order valence-electron chi connectivity index (χ1n) is 9.79. The number of nitrogens with zero attached hydrogens (tertiary/aromatic N) is 4. The summed E-state index contributed by atoms with van der Waals surface area (Å²) in [6, 6.07) is 16.0. The highest BCUT2D eigenvalue weighted by Gasteiger charge is 2.29. The summed E-state index contributed by atoms with van der Waals surface area (Å²) in [5.74, 6) is 0.471. The molecule has 0 N–H and O–H groups in total. The van der Waals surface area contributed by atoms with E-state index in [1.54, 1.807) is 12.1 Å². The van der Waals surface area contributed by atoms with Crippen molar-refractivity contribution in [3.63, 3.8) is 0 Å². The van der Waals surface area contributed by atoms with E-state index >= 15 is 0 Å². The molecule has 1 unspecified atom stereocenters. The summed E-state index contributed by atoms with van der Waals surface area (Å²) < 4.78 is 15.1. The number of rotatable bonds is 5. The molecule has 0 aliphatic carbocycles. The first-order valence-corrected chi connectivity index (χ1v) is 10.7. The Morgan fingerprint density at radius 3 is 2.38 bits per heavy atom. The molecule has 0 bridgehead atoms. The minimum Gasteiger partial charge on any atom is -0.341 e. The lowest BCUT2D eigenvalue weighted by Crippen LogP contribution is -2.38. The average Bonchev–Trinajstić information content (AvgIpc) is 3.13. The molecule has 1 saturated heterocycles. The molecule has 3 aromatic rings. The average molecular weight is 411 g/mol. The lowest BCUT2D eigenvalue weighted by molar-refractivity contribution is -0.131. The molecule has 1 aromatic heterocycles. The van der Waals surface area contributed by atoms with E-state index < -0.39 is 0 Å². The standard InChI is InChI=1S/C22H23FN4OS/c1-26-20(17-10-12-18(23)13-11-17)24-25-22(26)29-19(16-8-4-2-5-9-16)21(28)27-14-6-3-7-15-27/h2,4-5,8-13,19H,3,6-7,14-15H2,1H3. The first kappa shape index (κ1) is 19.6. The van der Waals surface area contributed by atoms with E-state index in [9.17, 15) is 9.18 Å². The van der Waals surface area contributed by atoms with Gasteiger partial charge in [0.1, 0.15) is 11.1 Å². The van der Waals surface area contributed by atoms with Gasteiger partial charge in [-0.15, -0.1) is 10.2 Å². The van der Waals surface area contributed by atoms with E-state index in [1.807, 2.05) is 46.8 Å². The van der Waals surface area contributed by atoms with Crippen LogP contribution in [0.1, 0.15) is 30.1 Å². The zero-order chi connectivity index (χ0) is 20.2. The van der Waals surface area contributed by atoms with Crippen molar-refractivity contribution in [1.29, 1.82) is 0 Å². The topological polar surface area (TPSA) is 51.0 Å². The molecule has 0 saturated carbocycles. The highest BCUT2D eigenvalue weighted by molar-refractivity contribution is 8.00. The Hall–Kier alpha value is -2.67. The van der Waals surface area contributed by atoms with E-state index in [1.165, 1.54) is 30.3 Å². The summed E-state index contributed by atoms with van der Waals surface area (Å²) in [6.45, 7) is 1.62. The second-order valence-corrected chi connectivity index (χ2v) is 8.24. The predicted octanol–water partition coefficient (Wildman–Crippen LogP) is 4.47. The van der Waals surface area contributed by atoms with Gasteiger partial charge >= 0.3 is 0 Å². The second kappa shape index (κ2) is 8.78. The van der Waals surface area contributed by atoms with Gasteiger partial charge in [0.05, 0.1) is 0 Å². The molecule has 1 aliphatic heterocycles. The minimum absolute atomic E-state index is 0.118. The van der Waals surface area contributed by atoms with Crippen LogP contribution in [0.25, 0.3) is 11.4 Å². The maximum Gasteiger partial charge on any atom is 0.240 e. The maximum absolute atomic E-state index is 13.3. The number of carbonyl (C=O) groups excluding carboxylic acids is 1. The van der Waals surface area contributed by atoms with Crippen LogP contribution in [0, 0.1) is 5.82 Å². The van der Waals surface area contributed by atoms with E-state index in [0.717, 1.165) is 37.1 Å². The summed E-state index contributed by atoms with van der Waals surface area (Å²) >= 11 is 1.41. The molecule has 0 radical (unpaired) electrons. The Morgan fingerprint density at radius 2 is 1.69 bits per heavy atom. The number of halogens is 1. The zero-order valence-electron chi connectivity index (χ0n) is 16.3. The molecular formula is C22H23FN4OS. The first-order chi connectivity index (χ1) is 14.1. The van der Waals surface area contributed by atoms with Gasteiger partial charge in [0.25, 0.3) is 0 Å². The SMILES string of the molecule is Cn1c(SC(C(=O)N2CCCCC2)c2ccccc2)nnc1-c1ccc(F)cc1. The van der Waals surface area contributed by atoms with Crippen LogP contribution in [-0.4, -0.2) is 38.7 Å². The van der Waals surface area contributed by atoms with Crippen LogP contribution >= 0.6 is 11.8 Å². The molecule has 150 valence electrons. The van der Waals surface area contributed by atoms with Crippen LogP contribution in [-0.2, 0) is 11.8 Å². The number of carbonyl (C=O) groups is 1. The summed E-state index contributed by atoms with van der Waals surface area (Å²) in [7, 11) is 1.87. The maximum atomic E-state index is 13.3. The van der Waals surface area contributed by atoms with Crippen LogP contribution in [0.3, 0.4) is 0 Å². The van der Waals surface area contributed by atoms with Crippen molar-refractivity contribution in [3.8, 4) is 11.4 Å². The van der Waals surface area contributed by atoms with Gasteiger partial charge in [0.15, 0.2) is 11.0 Å². The van der Waals surface area contributed by atoms with Crippen molar-refractivity contribution in [2.75, 3.05) is 13.1 Å². The lowest BCUT2D eigenvalue weighted by atomic mass is 10.1. The van der Waals surface area contributed by atoms with Crippen LogP contribution in [0.4, 0.5) is 4.39 Å². The van der Waals surface area contributed by atoms with Gasteiger partial charge in [0, 0.05) is 25.7 Å². The molecule has 1 aliphatic rings. The van der Waals surface area contributed by atoms with Gasteiger partial charge in [-0.25, -0.2) is 4.39 Å². The molecule has 7 heteroatoms. The molecule has 1 fully saturated rings. The smallest absolute Gasteiger partial charge is 0.240 e. The number of piperidine rings is 1. The number of amides is 1. The van der Waals surface area contributed by atoms with Crippen molar-refractivity contribution in [1.82, 2.24) is 19.7 Å². The van der Waals surface area contributed by atoms with Gasteiger partial charge in [-0.05, 0) is 49.1 Å². The van der Waals surface area contributed by atoms with Gasteiger partial charge in [-0.2, -0.15) is 0 Å². The van der Waals surface area contributed by atoms with E-state index in [4.69, 9.17) is 0 Å². The summed E-state index contributed by atoms with van der Waals surface area (Å²) in [4.78, 5) is 15.3. The van der Waals surface area contributed by atoms with Crippen LogP contribution in [0.5, 0.6) is 0 Å². The van der Waals surface area contributed by atoms with E-state index in [-0.39, 0.29) is 17.0 Å².